The lowest BCUT2D eigenvalue weighted by molar-refractivity contribution is -0.119. The number of rotatable bonds is 4. The van der Waals surface area contributed by atoms with Crippen molar-refractivity contribution in [3.63, 3.8) is 0 Å². The second-order valence-electron chi connectivity index (χ2n) is 4.97. The SMILES string of the molecule is CC(C)(CC(N)=O)n1nnc2cc(C(=O)O)ccc21. The van der Waals surface area contributed by atoms with E-state index in [-0.39, 0.29) is 12.0 Å². The molecule has 0 spiro atoms. The van der Waals surface area contributed by atoms with Gasteiger partial charge in [-0.2, -0.15) is 0 Å². The first kappa shape index (κ1) is 13.0. The van der Waals surface area contributed by atoms with Gasteiger partial charge < -0.3 is 10.8 Å². The van der Waals surface area contributed by atoms with Crippen LogP contribution >= 0.6 is 0 Å². The van der Waals surface area contributed by atoms with Gasteiger partial charge in [-0.15, -0.1) is 5.10 Å². The zero-order chi connectivity index (χ0) is 14.2. The van der Waals surface area contributed by atoms with Gasteiger partial charge in [0.1, 0.15) is 5.52 Å². The van der Waals surface area contributed by atoms with E-state index in [2.05, 4.69) is 10.3 Å². The van der Waals surface area contributed by atoms with Crippen molar-refractivity contribution in [2.75, 3.05) is 0 Å². The Morgan fingerprint density at radius 1 is 1.42 bits per heavy atom. The highest BCUT2D eigenvalue weighted by Gasteiger charge is 2.26. The molecule has 1 aromatic carbocycles. The number of carbonyl (C=O) groups is 2. The predicted octanol–water partition coefficient (Wildman–Crippen LogP) is 0.740. The quantitative estimate of drug-likeness (QED) is 0.844. The van der Waals surface area contributed by atoms with Gasteiger partial charge in [-0.25, -0.2) is 9.48 Å². The van der Waals surface area contributed by atoms with Crippen LogP contribution in [0, 0.1) is 0 Å². The lowest BCUT2D eigenvalue weighted by atomic mass is 10.0. The molecule has 0 aliphatic carbocycles. The highest BCUT2D eigenvalue weighted by atomic mass is 16.4. The van der Waals surface area contributed by atoms with E-state index >= 15 is 0 Å². The standard InChI is InChI=1S/C12H14N4O3/c1-12(2,6-10(13)17)16-9-4-3-7(11(18)19)5-8(9)14-15-16/h3-5H,6H2,1-2H3,(H2,13,17)(H,18,19). The van der Waals surface area contributed by atoms with Gasteiger partial charge in [0.2, 0.25) is 5.91 Å². The summed E-state index contributed by atoms with van der Waals surface area (Å²) in [7, 11) is 0. The monoisotopic (exact) mass is 262 g/mol. The second kappa shape index (κ2) is 4.34. The van der Waals surface area contributed by atoms with E-state index in [1.165, 1.54) is 12.1 Å². The van der Waals surface area contributed by atoms with Crippen LogP contribution in [0.4, 0.5) is 0 Å². The van der Waals surface area contributed by atoms with Crippen LogP contribution in [0.25, 0.3) is 11.0 Å². The maximum absolute atomic E-state index is 11.1. The average molecular weight is 262 g/mol. The summed E-state index contributed by atoms with van der Waals surface area (Å²) in [6, 6.07) is 4.55. The zero-order valence-corrected chi connectivity index (χ0v) is 10.6. The predicted molar refractivity (Wildman–Crippen MR) is 67.6 cm³/mol. The minimum Gasteiger partial charge on any atom is -0.478 e. The Bertz CT molecular complexity index is 660. The van der Waals surface area contributed by atoms with Crippen LogP contribution in [0.15, 0.2) is 18.2 Å². The number of primary amides is 1. The molecule has 7 nitrogen and oxygen atoms in total. The van der Waals surface area contributed by atoms with Crippen LogP contribution in [0.5, 0.6) is 0 Å². The third kappa shape index (κ3) is 2.40. The van der Waals surface area contributed by atoms with Crippen LogP contribution < -0.4 is 5.73 Å². The Morgan fingerprint density at radius 2 is 2.11 bits per heavy atom. The normalized spacial score (nSPS) is 11.7. The van der Waals surface area contributed by atoms with E-state index in [0.717, 1.165) is 0 Å². The van der Waals surface area contributed by atoms with Gasteiger partial charge in [0.05, 0.1) is 23.0 Å². The Kier molecular flexibility index (Phi) is 2.97. The van der Waals surface area contributed by atoms with Crippen molar-refractivity contribution in [3.8, 4) is 0 Å². The number of hydrogen-bond acceptors (Lipinski definition) is 4. The van der Waals surface area contributed by atoms with Crippen molar-refractivity contribution in [2.45, 2.75) is 25.8 Å². The number of carboxylic acid groups (broad SMARTS) is 1. The van der Waals surface area contributed by atoms with Gasteiger partial charge >= 0.3 is 5.97 Å². The molecule has 2 aromatic rings. The summed E-state index contributed by atoms with van der Waals surface area (Å²) < 4.78 is 1.58. The maximum atomic E-state index is 11.1. The van der Waals surface area contributed by atoms with Gasteiger partial charge in [0, 0.05) is 0 Å². The van der Waals surface area contributed by atoms with Crippen LogP contribution in [0.1, 0.15) is 30.6 Å². The summed E-state index contributed by atoms with van der Waals surface area (Å²) in [4.78, 5) is 22.0. The summed E-state index contributed by atoms with van der Waals surface area (Å²) in [5, 5.41) is 16.8. The minimum atomic E-state index is -1.02. The second-order valence-corrected chi connectivity index (χ2v) is 4.97. The van der Waals surface area contributed by atoms with E-state index in [4.69, 9.17) is 10.8 Å². The maximum Gasteiger partial charge on any atom is 0.335 e. The van der Waals surface area contributed by atoms with Crippen molar-refractivity contribution in [3.05, 3.63) is 23.8 Å². The molecular weight excluding hydrogens is 248 g/mol. The van der Waals surface area contributed by atoms with Gasteiger partial charge in [-0.05, 0) is 32.0 Å². The minimum absolute atomic E-state index is 0.117. The number of aromatic carboxylic acids is 1. The van der Waals surface area contributed by atoms with Crippen LogP contribution in [0.3, 0.4) is 0 Å². The molecule has 1 amide bonds. The molecule has 0 aliphatic heterocycles. The smallest absolute Gasteiger partial charge is 0.335 e. The number of carbonyl (C=O) groups excluding carboxylic acids is 1. The summed E-state index contributed by atoms with van der Waals surface area (Å²) in [6.45, 7) is 3.63. The first-order chi connectivity index (χ1) is 8.81. The highest BCUT2D eigenvalue weighted by molar-refractivity contribution is 5.92. The van der Waals surface area contributed by atoms with Crippen molar-refractivity contribution < 1.29 is 14.7 Å². The van der Waals surface area contributed by atoms with E-state index in [1.54, 1.807) is 10.7 Å². The molecule has 0 saturated carbocycles. The molecule has 0 bridgehead atoms. The molecule has 0 unspecified atom stereocenters. The van der Waals surface area contributed by atoms with E-state index in [1.807, 2.05) is 13.8 Å². The molecule has 100 valence electrons. The third-order valence-corrected chi connectivity index (χ3v) is 2.87. The molecule has 7 heteroatoms. The summed E-state index contributed by atoms with van der Waals surface area (Å²) >= 11 is 0. The van der Waals surface area contributed by atoms with Crippen LogP contribution in [-0.4, -0.2) is 32.0 Å². The van der Waals surface area contributed by atoms with E-state index in [0.29, 0.717) is 11.0 Å². The molecule has 19 heavy (non-hydrogen) atoms. The third-order valence-electron chi connectivity index (χ3n) is 2.87. The Morgan fingerprint density at radius 3 is 2.68 bits per heavy atom. The summed E-state index contributed by atoms with van der Waals surface area (Å²) in [5.74, 6) is -1.45. The Hall–Kier alpha value is -2.44. The topological polar surface area (TPSA) is 111 Å². The first-order valence-corrected chi connectivity index (χ1v) is 5.69. The van der Waals surface area contributed by atoms with Crippen LogP contribution in [0.2, 0.25) is 0 Å². The number of nitrogens with zero attached hydrogens (tertiary/aromatic N) is 3. The molecule has 1 heterocycles. The lowest BCUT2D eigenvalue weighted by Crippen LogP contribution is -2.33. The molecule has 0 aliphatic rings. The summed E-state index contributed by atoms with van der Waals surface area (Å²) in [6.07, 6.45) is 0.117. The molecule has 2 rings (SSSR count). The molecule has 0 saturated heterocycles. The fraction of sp³-hybridized carbons (Fsp3) is 0.333. The number of aromatic nitrogens is 3. The number of nitrogens with two attached hydrogens (primary N) is 1. The first-order valence-electron chi connectivity index (χ1n) is 5.69. The summed E-state index contributed by atoms with van der Waals surface area (Å²) in [5.41, 5.74) is 5.87. The van der Waals surface area contributed by atoms with Gasteiger partial charge in [0.15, 0.2) is 0 Å². The zero-order valence-electron chi connectivity index (χ0n) is 10.6. The van der Waals surface area contributed by atoms with Crippen molar-refractivity contribution in [1.82, 2.24) is 15.0 Å². The largest absolute Gasteiger partial charge is 0.478 e. The van der Waals surface area contributed by atoms with Gasteiger partial charge in [-0.1, -0.05) is 5.21 Å². The number of carboxylic acids is 1. The number of benzene rings is 1. The molecule has 3 N–H and O–H groups in total. The fourth-order valence-electron chi connectivity index (χ4n) is 2.01. The van der Waals surface area contributed by atoms with Crippen molar-refractivity contribution >= 4 is 22.9 Å². The fourth-order valence-corrected chi connectivity index (χ4v) is 2.01. The molecule has 1 aromatic heterocycles. The van der Waals surface area contributed by atoms with Crippen molar-refractivity contribution in [1.29, 1.82) is 0 Å². The van der Waals surface area contributed by atoms with E-state index < -0.39 is 17.4 Å². The highest BCUT2D eigenvalue weighted by Crippen LogP contribution is 2.24. The molecule has 0 radical (unpaired) electrons. The molecule has 0 atom stereocenters. The van der Waals surface area contributed by atoms with E-state index in [9.17, 15) is 9.59 Å². The number of hydrogen-bond donors (Lipinski definition) is 2. The molecule has 0 fully saturated rings. The molecular formula is C12H14N4O3. The lowest BCUT2D eigenvalue weighted by Gasteiger charge is -2.23. The Balaban J connectivity index is 2.52. The van der Waals surface area contributed by atoms with Crippen LogP contribution in [-0.2, 0) is 10.3 Å². The van der Waals surface area contributed by atoms with Crippen molar-refractivity contribution in [2.24, 2.45) is 5.73 Å². The number of fused-ring (bicyclic) bond motifs is 1. The van der Waals surface area contributed by atoms with Gasteiger partial charge in [-0.3, -0.25) is 4.79 Å². The Labute approximate surface area is 109 Å². The number of amides is 1. The average Bonchev–Trinajstić information content (AvgIpc) is 2.70. The van der Waals surface area contributed by atoms with Gasteiger partial charge in [0.25, 0.3) is 0 Å².